The van der Waals surface area contributed by atoms with Gasteiger partial charge in [-0.3, -0.25) is 14.4 Å². The molecule has 1 aromatic carbocycles. The van der Waals surface area contributed by atoms with Crippen LogP contribution in [0.5, 0.6) is 0 Å². The maximum atomic E-state index is 12.6. The van der Waals surface area contributed by atoms with Crippen molar-refractivity contribution < 1.29 is 14.7 Å². The van der Waals surface area contributed by atoms with Gasteiger partial charge in [0, 0.05) is 18.7 Å². The molecule has 1 aromatic heterocycles. The normalized spacial score (nSPS) is 17.4. The van der Waals surface area contributed by atoms with Crippen molar-refractivity contribution in [3.8, 4) is 0 Å². The highest BCUT2D eigenvalue weighted by Gasteiger charge is 2.34. The van der Waals surface area contributed by atoms with Crippen molar-refractivity contribution in [3.63, 3.8) is 0 Å². The summed E-state index contributed by atoms with van der Waals surface area (Å²) < 4.78 is 1.33. The van der Waals surface area contributed by atoms with E-state index in [1.54, 1.807) is 19.1 Å². The van der Waals surface area contributed by atoms with Crippen LogP contribution in [0.1, 0.15) is 30.1 Å². The SMILES string of the molecule is CCn1c(=O)c(=O)[nH]c2cc(C(=O)N3CCCC3C(=O)O)ccc21. The first-order valence-electron chi connectivity index (χ1n) is 7.74. The van der Waals surface area contributed by atoms with Gasteiger partial charge in [-0.2, -0.15) is 0 Å². The summed E-state index contributed by atoms with van der Waals surface area (Å²) in [5.41, 5.74) is -0.214. The lowest BCUT2D eigenvalue weighted by Crippen LogP contribution is -2.40. The fourth-order valence-electron chi connectivity index (χ4n) is 3.16. The maximum absolute atomic E-state index is 12.6. The van der Waals surface area contributed by atoms with Crippen LogP contribution in [0.15, 0.2) is 27.8 Å². The van der Waals surface area contributed by atoms with Crippen LogP contribution in [0.25, 0.3) is 11.0 Å². The van der Waals surface area contributed by atoms with Crippen molar-refractivity contribution in [2.45, 2.75) is 32.4 Å². The third kappa shape index (κ3) is 2.49. The van der Waals surface area contributed by atoms with E-state index in [1.807, 2.05) is 0 Å². The Morgan fingerprint density at radius 2 is 2.08 bits per heavy atom. The number of aryl methyl sites for hydroxylation is 1. The zero-order valence-electron chi connectivity index (χ0n) is 13.1. The van der Waals surface area contributed by atoms with E-state index < -0.39 is 29.0 Å². The molecule has 2 N–H and O–H groups in total. The Bertz CT molecular complexity index is 943. The predicted molar refractivity (Wildman–Crippen MR) is 86.2 cm³/mol. The first-order chi connectivity index (χ1) is 11.4. The lowest BCUT2D eigenvalue weighted by Gasteiger charge is -2.21. The lowest BCUT2D eigenvalue weighted by molar-refractivity contribution is -0.141. The number of aromatic nitrogens is 2. The number of likely N-dealkylation sites (tertiary alicyclic amines) is 1. The minimum atomic E-state index is -1.02. The van der Waals surface area contributed by atoms with Gasteiger partial charge in [-0.15, -0.1) is 0 Å². The standard InChI is InChI=1S/C16H17N3O5/c1-2-18-11-6-5-9(8-10(11)17-13(20)15(18)22)14(21)19-7-3-4-12(19)16(23)24/h5-6,8,12H,2-4,7H2,1H3,(H,17,20)(H,23,24). The van der Waals surface area contributed by atoms with Crippen molar-refractivity contribution >= 4 is 22.9 Å². The maximum Gasteiger partial charge on any atom is 0.326 e. The lowest BCUT2D eigenvalue weighted by atomic mass is 10.1. The number of hydrogen-bond donors (Lipinski definition) is 2. The van der Waals surface area contributed by atoms with Gasteiger partial charge in [0.25, 0.3) is 5.91 Å². The van der Waals surface area contributed by atoms with Gasteiger partial charge in [0.05, 0.1) is 11.0 Å². The van der Waals surface area contributed by atoms with Crippen LogP contribution >= 0.6 is 0 Å². The molecule has 126 valence electrons. The molecular formula is C16H17N3O5. The number of nitrogens with one attached hydrogen (secondary N) is 1. The van der Waals surface area contributed by atoms with E-state index in [2.05, 4.69) is 4.98 Å². The quantitative estimate of drug-likeness (QED) is 0.791. The zero-order chi connectivity index (χ0) is 17.4. The number of carboxylic acid groups (broad SMARTS) is 1. The fourth-order valence-corrected chi connectivity index (χ4v) is 3.16. The van der Waals surface area contributed by atoms with Crippen LogP contribution in [-0.2, 0) is 11.3 Å². The van der Waals surface area contributed by atoms with E-state index in [1.165, 1.54) is 15.5 Å². The summed E-state index contributed by atoms with van der Waals surface area (Å²) in [4.78, 5) is 51.2. The van der Waals surface area contributed by atoms with Gasteiger partial charge in [-0.05, 0) is 38.0 Å². The number of carboxylic acids is 1. The summed E-state index contributed by atoms with van der Waals surface area (Å²) in [6.07, 6.45) is 1.07. The number of aromatic amines is 1. The molecule has 0 aliphatic carbocycles. The number of fused-ring (bicyclic) bond motifs is 1. The summed E-state index contributed by atoms with van der Waals surface area (Å²) in [5.74, 6) is -1.41. The van der Waals surface area contributed by atoms with Crippen LogP contribution in [0.3, 0.4) is 0 Å². The molecule has 8 nitrogen and oxygen atoms in total. The Hall–Kier alpha value is -2.90. The molecular weight excluding hydrogens is 314 g/mol. The van der Waals surface area contributed by atoms with E-state index in [-0.39, 0.29) is 5.56 Å². The number of H-pyrrole nitrogens is 1. The van der Waals surface area contributed by atoms with Crippen LogP contribution in [0.4, 0.5) is 0 Å². The molecule has 1 unspecified atom stereocenters. The number of amides is 1. The topological polar surface area (TPSA) is 112 Å². The second-order valence-electron chi connectivity index (χ2n) is 5.73. The highest BCUT2D eigenvalue weighted by atomic mass is 16.4. The van der Waals surface area contributed by atoms with Crippen LogP contribution in [0, 0.1) is 0 Å². The molecule has 0 bridgehead atoms. The Kier molecular flexibility index (Phi) is 3.96. The molecule has 3 rings (SSSR count). The number of carbonyl (C=O) groups excluding carboxylic acids is 1. The van der Waals surface area contributed by atoms with E-state index in [4.69, 9.17) is 0 Å². The van der Waals surface area contributed by atoms with Gasteiger partial charge in [0.2, 0.25) is 0 Å². The Morgan fingerprint density at radius 1 is 1.33 bits per heavy atom. The Balaban J connectivity index is 2.07. The number of aliphatic carboxylic acids is 1. The number of rotatable bonds is 3. The fraction of sp³-hybridized carbons (Fsp3) is 0.375. The summed E-state index contributed by atoms with van der Waals surface area (Å²) in [6.45, 7) is 2.47. The third-order valence-corrected chi connectivity index (χ3v) is 4.34. The molecule has 1 atom stereocenters. The van der Waals surface area contributed by atoms with Crippen molar-refractivity contribution in [1.29, 1.82) is 0 Å². The van der Waals surface area contributed by atoms with Crippen molar-refractivity contribution in [1.82, 2.24) is 14.5 Å². The highest BCUT2D eigenvalue weighted by molar-refractivity contribution is 5.99. The average molecular weight is 331 g/mol. The Labute approximate surface area is 136 Å². The molecule has 0 spiro atoms. The van der Waals surface area contributed by atoms with Gasteiger partial charge < -0.3 is 19.6 Å². The molecule has 8 heteroatoms. The molecule has 2 heterocycles. The summed E-state index contributed by atoms with van der Waals surface area (Å²) >= 11 is 0. The summed E-state index contributed by atoms with van der Waals surface area (Å²) in [5, 5.41) is 9.21. The van der Waals surface area contributed by atoms with Crippen LogP contribution < -0.4 is 11.1 Å². The summed E-state index contributed by atoms with van der Waals surface area (Å²) in [6, 6.07) is 3.81. The molecule has 1 fully saturated rings. The highest BCUT2D eigenvalue weighted by Crippen LogP contribution is 2.21. The van der Waals surface area contributed by atoms with E-state index in [0.29, 0.717) is 37.0 Å². The van der Waals surface area contributed by atoms with Crippen LogP contribution in [-0.4, -0.2) is 44.0 Å². The van der Waals surface area contributed by atoms with Gasteiger partial charge in [-0.1, -0.05) is 0 Å². The molecule has 2 aromatic rings. The molecule has 0 radical (unpaired) electrons. The molecule has 1 amide bonds. The first-order valence-corrected chi connectivity index (χ1v) is 7.74. The number of carbonyl (C=O) groups is 2. The first kappa shape index (κ1) is 16.0. The number of nitrogens with zero attached hydrogens (tertiary/aromatic N) is 2. The predicted octanol–water partition coefficient (Wildman–Crippen LogP) is 0.399. The molecule has 1 aliphatic heterocycles. The molecule has 1 aliphatic rings. The molecule has 24 heavy (non-hydrogen) atoms. The second kappa shape index (κ2) is 5.95. The van der Waals surface area contributed by atoms with Gasteiger partial charge in [-0.25, -0.2) is 4.79 Å². The average Bonchev–Trinajstić information content (AvgIpc) is 3.05. The van der Waals surface area contributed by atoms with E-state index >= 15 is 0 Å². The minimum absolute atomic E-state index is 0.285. The van der Waals surface area contributed by atoms with Gasteiger partial charge in [0.1, 0.15) is 6.04 Å². The van der Waals surface area contributed by atoms with E-state index in [0.717, 1.165) is 0 Å². The largest absolute Gasteiger partial charge is 0.480 e. The van der Waals surface area contributed by atoms with Crippen molar-refractivity contribution in [2.24, 2.45) is 0 Å². The van der Waals surface area contributed by atoms with Crippen molar-refractivity contribution in [3.05, 3.63) is 44.5 Å². The number of hydrogen-bond acceptors (Lipinski definition) is 4. The number of benzene rings is 1. The monoisotopic (exact) mass is 331 g/mol. The minimum Gasteiger partial charge on any atom is -0.480 e. The third-order valence-electron chi connectivity index (χ3n) is 4.34. The zero-order valence-corrected chi connectivity index (χ0v) is 13.1. The Morgan fingerprint density at radius 3 is 2.75 bits per heavy atom. The van der Waals surface area contributed by atoms with E-state index in [9.17, 15) is 24.3 Å². The molecule has 1 saturated heterocycles. The second-order valence-corrected chi connectivity index (χ2v) is 5.73. The summed E-state index contributed by atoms with van der Waals surface area (Å²) in [7, 11) is 0. The van der Waals surface area contributed by atoms with Gasteiger partial charge >= 0.3 is 17.1 Å². The smallest absolute Gasteiger partial charge is 0.326 e. The van der Waals surface area contributed by atoms with Gasteiger partial charge in [0.15, 0.2) is 0 Å². The molecule has 0 saturated carbocycles. The van der Waals surface area contributed by atoms with Crippen LogP contribution in [0.2, 0.25) is 0 Å². The van der Waals surface area contributed by atoms with Crippen molar-refractivity contribution in [2.75, 3.05) is 6.54 Å².